The Labute approximate surface area is 131 Å². The number of benzene rings is 1. The first-order valence-electron chi connectivity index (χ1n) is 6.63. The number of rotatable bonds is 5. The summed E-state index contributed by atoms with van der Waals surface area (Å²) in [5.74, 6) is 0.380. The van der Waals surface area contributed by atoms with Crippen LogP contribution in [0.5, 0.6) is 0 Å². The van der Waals surface area contributed by atoms with E-state index in [9.17, 15) is 9.00 Å². The van der Waals surface area contributed by atoms with Gasteiger partial charge in [-0.15, -0.1) is 0 Å². The first-order valence-corrected chi connectivity index (χ1v) is 8.73. The van der Waals surface area contributed by atoms with Crippen LogP contribution in [0.4, 0.5) is 0 Å². The molecule has 0 saturated heterocycles. The van der Waals surface area contributed by atoms with Crippen molar-refractivity contribution in [3.63, 3.8) is 0 Å². The number of fused-ring (bicyclic) bond motifs is 1. The van der Waals surface area contributed by atoms with E-state index < -0.39 is 10.8 Å². The molecule has 112 valence electrons. The molecule has 2 aromatic rings. The van der Waals surface area contributed by atoms with Crippen molar-refractivity contribution in [3.05, 3.63) is 41.0 Å². The average molecular weight is 325 g/mol. The molecule has 0 radical (unpaired) electrons. The Morgan fingerprint density at radius 3 is 2.90 bits per heavy atom. The minimum absolute atomic E-state index is 0.0455. The molecule has 2 unspecified atom stereocenters. The van der Waals surface area contributed by atoms with Crippen LogP contribution in [0.1, 0.15) is 23.7 Å². The van der Waals surface area contributed by atoms with E-state index in [1.807, 2.05) is 13.0 Å². The number of halogens is 1. The second-order valence-electron chi connectivity index (χ2n) is 4.94. The Bertz CT molecular complexity index is 690. The van der Waals surface area contributed by atoms with Crippen LogP contribution in [-0.4, -0.2) is 33.2 Å². The van der Waals surface area contributed by atoms with Crippen molar-refractivity contribution in [2.24, 2.45) is 0 Å². The second-order valence-corrected chi connectivity index (χ2v) is 6.90. The van der Waals surface area contributed by atoms with Crippen LogP contribution in [-0.2, 0) is 10.8 Å². The SMILES string of the molecule is CC(CCS(C)=O)NC(=O)c1ccc(Cl)c2cccnc12. The minimum Gasteiger partial charge on any atom is -0.349 e. The molecule has 1 N–H and O–H groups in total. The molecule has 0 aliphatic heterocycles. The Morgan fingerprint density at radius 2 is 2.19 bits per heavy atom. The highest BCUT2D eigenvalue weighted by molar-refractivity contribution is 7.84. The second kappa shape index (κ2) is 7.00. The molecule has 0 fully saturated rings. The topological polar surface area (TPSA) is 59.1 Å². The molecule has 4 nitrogen and oxygen atoms in total. The standard InChI is InChI=1S/C15H17ClN2O2S/c1-10(7-9-21(2)20)18-15(19)12-5-6-13(16)11-4-3-8-17-14(11)12/h3-6,8,10H,7,9H2,1-2H3,(H,18,19). The van der Waals surface area contributed by atoms with Gasteiger partial charge in [-0.2, -0.15) is 0 Å². The number of hydrogen-bond acceptors (Lipinski definition) is 3. The number of pyridine rings is 1. The summed E-state index contributed by atoms with van der Waals surface area (Å²) in [6.45, 7) is 1.90. The van der Waals surface area contributed by atoms with Gasteiger partial charge in [-0.3, -0.25) is 14.0 Å². The van der Waals surface area contributed by atoms with Crippen molar-refractivity contribution >= 4 is 39.2 Å². The normalized spacial score (nSPS) is 13.9. The molecule has 2 atom stereocenters. The molecule has 0 spiro atoms. The molecule has 2 rings (SSSR count). The van der Waals surface area contributed by atoms with Crippen LogP contribution in [0.25, 0.3) is 10.9 Å². The number of carbonyl (C=O) groups is 1. The summed E-state index contributed by atoms with van der Waals surface area (Å²) in [4.78, 5) is 16.6. The maximum Gasteiger partial charge on any atom is 0.253 e. The number of nitrogens with one attached hydrogen (secondary N) is 1. The zero-order valence-corrected chi connectivity index (χ0v) is 13.5. The van der Waals surface area contributed by atoms with Crippen LogP contribution >= 0.6 is 11.6 Å². The minimum atomic E-state index is -0.852. The predicted octanol–water partition coefficient (Wildman–Crippen LogP) is 2.78. The first-order chi connectivity index (χ1) is 9.99. The molecule has 0 saturated carbocycles. The summed E-state index contributed by atoms with van der Waals surface area (Å²) in [6, 6.07) is 6.96. The van der Waals surface area contributed by atoms with E-state index in [-0.39, 0.29) is 11.9 Å². The third-order valence-corrected chi connectivity index (χ3v) is 4.32. The molecular weight excluding hydrogens is 308 g/mol. The summed E-state index contributed by atoms with van der Waals surface area (Å²) in [6.07, 6.45) is 3.97. The molecule has 1 heterocycles. The molecule has 0 bridgehead atoms. The highest BCUT2D eigenvalue weighted by Gasteiger charge is 2.15. The smallest absolute Gasteiger partial charge is 0.253 e. The van der Waals surface area contributed by atoms with Crippen LogP contribution in [0.15, 0.2) is 30.5 Å². The van der Waals surface area contributed by atoms with Crippen LogP contribution in [0.3, 0.4) is 0 Å². The summed E-state index contributed by atoms with van der Waals surface area (Å²) in [5.41, 5.74) is 1.09. The fourth-order valence-electron chi connectivity index (χ4n) is 2.04. The number of hydrogen-bond donors (Lipinski definition) is 1. The fourth-order valence-corrected chi connectivity index (χ4v) is 2.94. The Morgan fingerprint density at radius 1 is 1.43 bits per heavy atom. The van der Waals surface area contributed by atoms with E-state index in [2.05, 4.69) is 10.3 Å². The van der Waals surface area contributed by atoms with Gasteiger partial charge in [0.2, 0.25) is 0 Å². The van der Waals surface area contributed by atoms with Crippen LogP contribution in [0, 0.1) is 0 Å². The zero-order chi connectivity index (χ0) is 15.4. The molecule has 1 amide bonds. The molecular formula is C15H17ClN2O2S. The number of amides is 1. The molecule has 1 aromatic carbocycles. The van der Waals surface area contributed by atoms with Gasteiger partial charge in [0.05, 0.1) is 16.1 Å². The highest BCUT2D eigenvalue weighted by Crippen LogP contribution is 2.24. The quantitative estimate of drug-likeness (QED) is 0.920. The van der Waals surface area contributed by atoms with E-state index in [1.54, 1.807) is 30.7 Å². The van der Waals surface area contributed by atoms with Crippen molar-refractivity contribution < 1.29 is 9.00 Å². The number of nitrogens with zero attached hydrogens (tertiary/aromatic N) is 1. The Balaban J connectivity index is 2.20. The van der Waals surface area contributed by atoms with Gasteiger partial charge in [0.1, 0.15) is 0 Å². The molecule has 1 aromatic heterocycles. The van der Waals surface area contributed by atoms with Gasteiger partial charge < -0.3 is 5.32 Å². The van der Waals surface area contributed by atoms with Gasteiger partial charge in [-0.25, -0.2) is 0 Å². The van der Waals surface area contributed by atoms with Gasteiger partial charge in [-0.05, 0) is 37.6 Å². The van der Waals surface area contributed by atoms with Crippen LogP contribution < -0.4 is 5.32 Å². The van der Waals surface area contributed by atoms with E-state index in [1.165, 1.54) is 0 Å². The Hall–Kier alpha value is -1.46. The van der Waals surface area contributed by atoms with Gasteiger partial charge in [0.15, 0.2) is 0 Å². The average Bonchev–Trinajstić information content (AvgIpc) is 2.45. The largest absolute Gasteiger partial charge is 0.349 e. The summed E-state index contributed by atoms with van der Waals surface area (Å²) in [5, 5.41) is 4.24. The van der Waals surface area contributed by atoms with Gasteiger partial charge >= 0.3 is 0 Å². The maximum absolute atomic E-state index is 12.4. The van der Waals surface area contributed by atoms with Crippen LogP contribution in [0.2, 0.25) is 5.02 Å². The molecule has 0 aliphatic rings. The fraction of sp³-hybridized carbons (Fsp3) is 0.333. The lowest BCUT2D eigenvalue weighted by molar-refractivity contribution is 0.0941. The Kier molecular flexibility index (Phi) is 5.31. The third-order valence-electron chi connectivity index (χ3n) is 3.18. The number of aromatic nitrogens is 1. The van der Waals surface area contributed by atoms with E-state index in [4.69, 9.17) is 11.6 Å². The number of carbonyl (C=O) groups excluding carboxylic acids is 1. The molecule has 0 aliphatic carbocycles. The molecule has 6 heteroatoms. The van der Waals surface area contributed by atoms with Crippen molar-refractivity contribution in [2.45, 2.75) is 19.4 Å². The summed E-state index contributed by atoms with van der Waals surface area (Å²) in [7, 11) is -0.852. The van der Waals surface area contributed by atoms with E-state index in [0.29, 0.717) is 28.3 Å². The van der Waals surface area contributed by atoms with Gasteiger partial charge in [0, 0.05) is 40.4 Å². The van der Waals surface area contributed by atoms with E-state index >= 15 is 0 Å². The first kappa shape index (κ1) is 15.9. The lowest BCUT2D eigenvalue weighted by Gasteiger charge is -2.14. The zero-order valence-electron chi connectivity index (χ0n) is 11.9. The van der Waals surface area contributed by atoms with Crippen molar-refractivity contribution in [1.82, 2.24) is 10.3 Å². The summed E-state index contributed by atoms with van der Waals surface area (Å²) < 4.78 is 11.1. The molecule has 21 heavy (non-hydrogen) atoms. The lowest BCUT2D eigenvalue weighted by Crippen LogP contribution is -2.33. The third kappa shape index (κ3) is 4.02. The highest BCUT2D eigenvalue weighted by atomic mass is 35.5. The van der Waals surface area contributed by atoms with E-state index in [0.717, 1.165) is 5.39 Å². The van der Waals surface area contributed by atoms with Crippen molar-refractivity contribution in [1.29, 1.82) is 0 Å². The predicted molar refractivity (Wildman–Crippen MR) is 87.2 cm³/mol. The lowest BCUT2D eigenvalue weighted by atomic mass is 10.1. The van der Waals surface area contributed by atoms with Crippen molar-refractivity contribution in [2.75, 3.05) is 12.0 Å². The summed E-state index contributed by atoms with van der Waals surface area (Å²) >= 11 is 6.12. The van der Waals surface area contributed by atoms with Crippen molar-refractivity contribution in [3.8, 4) is 0 Å². The van der Waals surface area contributed by atoms with Gasteiger partial charge in [0.25, 0.3) is 5.91 Å². The maximum atomic E-state index is 12.4. The monoisotopic (exact) mass is 324 g/mol. The van der Waals surface area contributed by atoms with Gasteiger partial charge in [-0.1, -0.05) is 11.6 Å².